The highest BCUT2D eigenvalue weighted by atomic mass is 32.2. The monoisotopic (exact) mass is 501 g/mol. The summed E-state index contributed by atoms with van der Waals surface area (Å²) in [6.07, 6.45) is 4.23. The normalized spacial score (nSPS) is 11.4. The van der Waals surface area contributed by atoms with Crippen LogP contribution in [0.25, 0.3) is 22.3 Å². The van der Waals surface area contributed by atoms with Gasteiger partial charge in [-0.15, -0.1) is 0 Å². The third kappa shape index (κ3) is 4.70. The lowest BCUT2D eigenvalue weighted by molar-refractivity contribution is 0.101. The van der Waals surface area contributed by atoms with Crippen molar-refractivity contribution < 1.29 is 18.0 Å². The van der Waals surface area contributed by atoms with Crippen molar-refractivity contribution in [3.05, 3.63) is 84.3 Å². The van der Waals surface area contributed by atoms with Crippen molar-refractivity contribution in [1.82, 2.24) is 24.9 Å². The minimum Gasteiger partial charge on any atom is -0.331 e. The van der Waals surface area contributed by atoms with Gasteiger partial charge in [-0.25, -0.2) is 23.4 Å². The summed E-state index contributed by atoms with van der Waals surface area (Å²) in [4.78, 5) is 44.3. The number of sulfone groups is 1. The van der Waals surface area contributed by atoms with Gasteiger partial charge in [0.1, 0.15) is 11.2 Å². The number of carbonyl (C=O) groups excluding carboxylic acids is 2. The van der Waals surface area contributed by atoms with Gasteiger partial charge in [0.15, 0.2) is 9.84 Å². The number of para-hydroxylation sites is 1. The van der Waals surface area contributed by atoms with Crippen molar-refractivity contribution in [2.75, 3.05) is 16.9 Å². The van der Waals surface area contributed by atoms with E-state index in [2.05, 4.69) is 35.6 Å². The van der Waals surface area contributed by atoms with E-state index in [1.165, 1.54) is 24.4 Å². The van der Waals surface area contributed by atoms with Crippen molar-refractivity contribution in [3.63, 3.8) is 0 Å². The molecule has 0 saturated carbocycles. The summed E-state index contributed by atoms with van der Waals surface area (Å²) in [7, 11) is -3.39. The molecule has 5 rings (SSSR count). The summed E-state index contributed by atoms with van der Waals surface area (Å²) in [6, 6.07) is 16.2. The van der Waals surface area contributed by atoms with Gasteiger partial charge in [-0.3, -0.25) is 20.2 Å². The lowest BCUT2D eigenvalue weighted by atomic mass is 10.1. The molecule has 4 N–H and O–H groups in total. The summed E-state index contributed by atoms with van der Waals surface area (Å²) in [5.41, 5.74) is 2.33. The molecule has 3 aromatic heterocycles. The van der Waals surface area contributed by atoms with E-state index in [4.69, 9.17) is 0 Å². The largest absolute Gasteiger partial charge is 0.331 e. The Kier molecular flexibility index (Phi) is 5.78. The number of amides is 2. The fourth-order valence-corrected chi connectivity index (χ4v) is 4.23. The van der Waals surface area contributed by atoms with E-state index in [1.54, 1.807) is 48.7 Å². The van der Waals surface area contributed by atoms with Gasteiger partial charge >= 0.3 is 0 Å². The van der Waals surface area contributed by atoms with E-state index in [9.17, 15) is 18.0 Å². The number of benzene rings is 2. The second-order valence-corrected chi connectivity index (χ2v) is 9.86. The SMILES string of the molecule is CS(=O)(=O)c1cccc(-c2cccc(C(=O)Nc3nc4c(C(=O)Nc5ncc[nH]5)cccc4[nH]3)n2)c1. The molecular weight excluding hydrogens is 482 g/mol. The maximum absolute atomic E-state index is 12.9. The zero-order chi connectivity index (χ0) is 25.3. The molecule has 12 heteroatoms. The van der Waals surface area contributed by atoms with Crippen LogP contribution in [-0.4, -0.2) is 51.4 Å². The summed E-state index contributed by atoms with van der Waals surface area (Å²) in [6.45, 7) is 0. The molecular formula is C24H19N7O4S. The molecule has 0 aliphatic rings. The molecule has 0 saturated heterocycles. The van der Waals surface area contributed by atoms with Crippen molar-refractivity contribution >= 4 is 44.6 Å². The number of anilines is 2. The lowest BCUT2D eigenvalue weighted by Crippen LogP contribution is -2.15. The Labute approximate surface area is 205 Å². The summed E-state index contributed by atoms with van der Waals surface area (Å²) in [5.74, 6) is -0.504. The second kappa shape index (κ2) is 9.07. The number of hydrogen-bond donors (Lipinski definition) is 4. The van der Waals surface area contributed by atoms with Crippen LogP contribution in [0.3, 0.4) is 0 Å². The fraction of sp³-hybridized carbons (Fsp3) is 0.0417. The topological polar surface area (TPSA) is 163 Å². The first-order valence-electron chi connectivity index (χ1n) is 10.7. The zero-order valence-electron chi connectivity index (χ0n) is 18.8. The number of nitrogens with zero attached hydrogens (tertiary/aromatic N) is 3. The number of fused-ring (bicyclic) bond motifs is 1. The van der Waals surface area contributed by atoms with E-state index < -0.39 is 21.7 Å². The standard InChI is InChI=1S/C24H19N7O4S/c1-36(34,35)15-6-2-5-14(13-15)17-8-4-10-19(27-17)22(33)31-24-28-18-9-3-7-16(20(18)29-24)21(32)30-23-25-11-12-26-23/h2-13H,1H3,(H2,25,26,30,32)(H2,28,29,31,33). The second-order valence-electron chi connectivity index (χ2n) is 7.84. The Morgan fingerprint density at radius 1 is 0.889 bits per heavy atom. The van der Waals surface area contributed by atoms with Crippen LogP contribution < -0.4 is 10.6 Å². The molecule has 2 aromatic carbocycles. The van der Waals surface area contributed by atoms with Crippen LogP contribution in [0, 0.1) is 0 Å². The third-order valence-corrected chi connectivity index (χ3v) is 6.37. The number of hydrogen-bond acceptors (Lipinski definition) is 7. The highest BCUT2D eigenvalue weighted by Crippen LogP contribution is 2.22. The molecule has 36 heavy (non-hydrogen) atoms. The van der Waals surface area contributed by atoms with Crippen LogP contribution in [0.4, 0.5) is 11.9 Å². The number of carbonyl (C=O) groups is 2. The Balaban J connectivity index is 1.39. The van der Waals surface area contributed by atoms with Crippen molar-refractivity contribution in [2.24, 2.45) is 0 Å². The average molecular weight is 502 g/mol. The molecule has 0 aliphatic heterocycles. The molecule has 0 radical (unpaired) electrons. The van der Waals surface area contributed by atoms with Crippen molar-refractivity contribution in [1.29, 1.82) is 0 Å². The first-order valence-corrected chi connectivity index (χ1v) is 12.6. The Hall–Kier alpha value is -4.84. The van der Waals surface area contributed by atoms with E-state index in [0.29, 0.717) is 33.8 Å². The first kappa shape index (κ1) is 22.9. The Bertz CT molecular complexity index is 1710. The minimum absolute atomic E-state index is 0.105. The quantitative estimate of drug-likeness (QED) is 0.277. The molecule has 0 spiro atoms. The van der Waals surface area contributed by atoms with Gasteiger partial charge in [0.25, 0.3) is 11.8 Å². The summed E-state index contributed by atoms with van der Waals surface area (Å²) < 4.78 is 23.8. The van der Waals surface area contributed by atoms with Gasteiger partial charge in [0.05, 0.1) is 21.7 Å². The van der Waals surface area contributed by atoms with E-state index in [0.717, 1.165) is 6.26 Å². The molecule has 2 amide bonds. The van der Waals surface area contributed by atoms with Crippen LogP contribution in [0.2, 0.25) is 0 Å². The molecule has 180 valence electrons. The zero-order valence-corrected chi connectivity index (χ0v) is 19.6. The van der Waals surface area contributed by atoms with Gasteiger partial charge in [0.2, 0.25) is 11.9 Å². The average Bonchev–Trinajstić information content (AvgIpc) is 3.52. The van der Waals surface area contributed by atoms with Gasteiger partial charge in [-0.1, -0.05) is 24.3 Å². The predicted molar refractivity (Wildman–Crippen MR) is 133 cm³/mol. The Morgan fingerprint density at radius 2 is 1.67 bits per heavy atom. The van der Waals surface area contributed by atoms with Gasteiger partial charge in [-0.2, -0.15) is 0 Å². The van der Waals surface area contributed by atoms with Gasteiger partial charge < -0.3 is 9.97 Å². The minimum atomic E-state index is -3.39. The smallest absolute Gasteiger partial charge is 0.276 e. The van der Waals surface area contributed by atoms with E-state index in [-0.39, 0.29) is 16.5 Å². The highest BCUT2D eigenvalue weighted by Gasteiger charge is 2.17. The molecule has 0 unspecified atom stereocenters. The van der Waals surface area contributed by atoms with Gasteiger partial charge in [-0.05, 0) is 36.4 Å². The molecule has 5 aromatic rings. The molecule has 0 aliphatic carbocycles. The number of rotatable bonds is 6. The molecule has 3 heterocycles. The van der Waals surface area contributed by atoms with Crippen LogP contribution in [0.15, 0.2) is 78.0 Å². The first-order chi connectivity index (χ1) is 17.3. The molecule has 11 nitrogen and oxygen atoms in total. The predicted octanol–water partition coefficient (Wildman–Crippen LogP) is 3.26. The number of pyridine rings is 1. The summed E-state index contributed by atoms with van der Waals surface area (Å²) in [5, 5.41) is 5.31. The number of aromatic amines is 2. The van der Waals surface area contributed by atoms with Crippen LogP contribution in [-0.2, 0) is 9.84 Å². The van der Waals surface area contributed by atoms with Crippen LogP contribution in [0.5, 0.6) is 0 Å². The summed E-state index contributed by atoms with van der Waals surface area (Å²) >= 11 is 0. The van der Waals surface area contributed by atoms with Crippen molar-refractivity contribution in [3.8, 4) is 11.3 Å². The van der Waals surface area contributed by atoms with Crippen molar-refractivity contribution in [2.45, 2.75) is 4.90 Å². The highest BCUT2D eigenvalue weighted by molar-refractivity contribution is 7.90. The Morgan fingerprint density at radius 3 is 2.44 bits per heavy atom. The number of aromatic nitrogens is 5. The molecule has 0 bridgehead atoms. The van der Waals surface area contributed by atoms with Crippen LogP contribution >= 0.6 is 0 Å². The maximum atomic E-state index is 12.9. The fourth-order valence-electron chi connectivity index (χ4n) is 3.56. The number of H-pyrrole nitrogens is 2. The number of imidazole rings is 2. The molecule has 0 atom stereocenters. The third-order valence-electron chi connectivity index (χ3n) is 5.26. The van der Waals surface area contributed by atoms with Gasteiger partial charge in [0, 0.05) is 24.2 Å². The maximum Gasteiger partial charge on any atom is 0.276 e. The lowest BCUT2D eigenvalue weighted by Gasteiger charge is -2.06. The van der Waals surface area contributed by atoms with Crippen LogP contribution in [0.1, 0.15) is 20.8 Å². The molecule has 0 fully saturated rings. The van der Waals surface area contributed by atoms with E-state index in [1.807, 2.05) is 0 Å². The van der Waals surface area contributed by atoms with E-state index >= 15 is 0 Å². The number of nitrogens with one attached hydrogen (secondary N) is 4.